The molecule has 1 atom stereocenters. The van der Waals surface area contributed by atoms with E-state index < -0.39 is 0 Å². The van der Waals surface area contributed by atoms with Crippen LogP contribution >= 0.6 is 0 Å². The number of hydrogen-bond acceptors (Lipinski definition) is 4. The summed E-state index contributed by atoms with van der Waals surface area (Å²) in [5.41, 5.74) is 5.35. The van der Waals surface area contributed by atoms with Crippen LogP contribution in [0.2, 0.25) is 0 Å². The number of nitrogens with zero attached hydrogens (tertiary/aromatic N) is 1. The molecule has 0 bridgehead atoms. The smallest absolute Gasteiger partial charge is 0.339 e. The van der Waals surface area contributed by atoms with Gasteiger partial charge in [0.05, 0.1) is 0 Å². The Morgan fingerprint density at radius 1 is 1.12 bits per heavy atom. The van der Waals surface area contributed by atoms with Crippen molar-refractivity contribution < 1.29 is 14.1 Å². The molecule has 3 heterocycles. The summed E-state index contributed by atoms with van der Waals surface area (Å²) >= 11 is 0. The molecule has 0 radical (unpaired) electrons. The van der Waals surface area contributed by atoms with Crippen molar-refractivity contribution in [1.29, 1.82) is 0 Å². The number of benzene rings is 1. The van der Waals surface area contributed by atoms with Crippen molar-refractivity contribution >= 4 is 11.0 Å². The van der Waals surface area contributed by atoms with Crippen LogP contribution in [-0.4, -0.2) is 11.7 Å². The number of quaternary nitrogens is 1. The monoisotopic (exact) mass is 337 g/mol. The third kappa shape index (κ3) is 2.70. The normalized spacial score (nSPS) is 16.5. The molecule has 3 aromatic rings. The summed E-state index contributed by atoms with van der Waals surface area (Å²) in [5, 5.41) is 1.00. The zero-order chi connectivity index (χ0) is 17.6. The number of aryl methyl sites for hydroxylation is 2. The van der Waals surface area contributed by atoms with Crippen LogP contribution in [0.1, 0.15) is 27.8 Å². The van der Waals surface area contributed by atoms with Gasteiger partial charge in [-0.2, -0.15) is 0 Å². The minimum absolute atomic E-state index is 0.270. The maximum atomic E-state index is 12.0. The lowest BCUT2D eigenvalue weighted by atomic mass is 9.99. The molecule has 5 nitrogen and oxygen atoms in total. The topological polar surface area (TPSA) is 56.8 Å². The van der Waals surface area contributed by atoms with Gasteiger partial charge in [-0.05, 0) is 44.5 Å². The van der Waals surface area contributed by atoms with Crippen LogP contribution in [-0.2, 0) is 13.1 Å². The van der Waals surface area contributed by atoms with Gasteiger partial charge in [0.2, 0.25) is 6.73 Å². The minimum Gasteiger partial charge on any atom is -0.444 e. The molecule has 1 aliphatic heterocycles. The molecular formula is C20H21N2O3+. The molecule has 0 saturated heterocycles. The summed E-state index contributed by atoms with van der Waals surface area (Å²) in [7, 11) is 0. The second kappa shape index (κ2) is 6.01. The fourth-order valence-corrected chi connectivity index (χ4v) is 3.52. The van der Waals surface area contributed by atoms with Crippen LogP contribution in [0.4, 0.5) is 0 Å². The molecule has 0 saturated carbocycles. The van der Waals surface area contributed by atoms with E-state index in [4.69, 9.17) is 9.15 Å². The predicted molar refractivity (Wildman–Crippen MR) is 94.8 cm³/mol. The molecule has 4 rings (SSSR count). The van der Waals surface area contributed by atoms with E-state index in [0.29, 0.717) is 17.9 Å². The number of pyridine rings is 1. The van der Waals surface area contributed by atoms with Gasteiger partial charge in [0.25, 0.3) is 0 Å². The van der Waals surface area contributed by atoms with Crippen LogP contribution < -0.4 is 15.3 Å². The van der Waals surface area contributed by atoms with Crippen molar-refractivity contribution in [3.63, 3.8) is 0 Å². The van der Waals surface area contributed by atoms with E-state index in [1.807, 2.05) is 45.3 Å². The van der Waals surface area contributed by atoms with Gasteiger partial charge in [0, 0.05) is 40.0 Å². The average Bonchev–Trinajstić information content (AvgIpc) is 2.62. The van der Waals surface area contributed by atoms with Gasteiger partial charge >= 0.3 is 5.63 Å². The first-order chi connectivity index (χ1) is 12.0. The van der Waals surface area contributed by atoms with Crippen LogP contribution in [0.15, 0.2) is 39.8 Å². The Balaban J connectivity index is 1.75. The summed E-state index contributed by atoms with van der Waals surface area (Å²) in [4.78, 5) is 17.4. The van der Waals surface area contributed by atoms with Crippen molar-refractivity contribution in [2.75, 3.05) is 6.73 Å². The van der Waals surface area contributed by atoms with Gasteiger partial charge in [-0.15, -0.1) is 0 Å². The number of aromatic nitrogens is 1. The Morgan fingerprint density at radius 3 is 2.64 bits per heavy atom. The third-order valence-electron chi connectivity index (χ3n) is 5.07. The van der Waals surface area contributed by atoms with Crippen molar-refractivity contribution in [2.24, 2.45) is 0 Å². The number of ether oxygens (including phenoxy) is 1. The van der Waals surface area contributed by atoms with E-state index in [0.717, 1.165) is 40.9 Å². The Bertz CT molecular complexity index is 1010. The van der Waals surface area contributed by atoms with Crippen LogP contribution in [0.25, 0.3) is 11.0 Å². The fourth-order valence-electron chi connectivity index (χ4n) is 3.52. The van der Waals surface area contributed by atoms with Gasteiger partial charge in [0.1, 0.15) is 24.4 Å². The molecule has 1 aromatic carbocycles. The molecule has 2 aromatic heterocycles. The predicted octanol–water partition coefficient (Wildman–Crippen LogP) is 2.05. The minimum atomic E-state index is -0.270. The second-order valence-electron chi connectivity index (χ2n) is 6.75. The lowest BCUT2D eigenvalue weighted by molar-refractivity contribution is -0.945. The highest BCUT2D eigenvalue weighted by Gasteiger charge is 2.25. The van der Waals surface area contributed by atoms with E-state index in [1.165, 1.54) is 10.5 Å². The molecule has 25 heavy (non-hydrogen) atoms. The maximum absolute atomic E-state index is 12.0. The van der Waals surface area contributed by atoms with E-state index in [9.17, 15) is 4.79 Å². The van der Waals surface area contributed by atoms with E-state index in [-0.39, 0.29) is 5.63 Å². The number of hydrogen-bond donors (Lipinski definition) is 1. The first-order valence-corrected chi connectivity index (χ1v) is 8.46. The summed E-state index contributed by atoms with van der Waals surface area (Å²) < 4.78 is 11.6. The lowest BCUT2D eigenvalue weighted by Crippen LogP contribution is -3.10. The zero-order valence-corrected chi connectivity index (χ0v) is 14.7. The maximum Gasteiger partial charge on any atom is 0.339 e. The van der Waals surface area contributed by atoms with Gasteiger partial charge in [0.15, 0.2) is 0 Å². The summed E-state index contributed by atoms with van der Waals surface area (Å²) in [6.45, 7) is 8.12. The van der Waals surface area contributed by atoms with Crippen LogP contribution in [0.3, 0.4) is 0 Å². The molecule has 1 aliphatic rings. The Labute approximate surface area is 145 Å². The average molecular weight is 337 g/mol. The number of rotatable bonds is 2. The van der Waals surface area contributed by atoms with E-state index >= 15 is 0 Å². The first kappa shape index (κ1) is 15.8. The zero-order valence-electron chi connectivity index (χ0n) is 14.7. The Morgan fingerprint density at radius 2 is 1.88 bits per heavy atom. The van der Waals surface area contributed by atoms with Crippen molar-refractivity contribution in [3.05, 3.63) is 68.8 Å². The van der Waals surface area contributed by atoms with Crippen molar-refractivity contribution in [3.8, 4) is 5.75 Å². The highest BCUT2D eigenvalue weighted by atomic mass is 16.5. The number of fused-ring (bicyclic) bond motifs is 2. The second-order valence-corrected chi connectivity index (χ2v) is 6.75. The molecule has 1 unspecified atom stereocenters. The van der Waals surface area contributed by atoms with Gasteiger partial charge in [-0.25, -0.2) is 4.79 Å². The Hall–Kier alpha value is -2.66. The molecule has 0 spiro atoms. The number of nitrogens with one attached hydrogen (secondary N) is 1. The largest absolute Gasteiger partial charge is 0.444 e. The van der Waals surface area contributed by atoms with Gasteiger partial charge in [-0.3, -0.25) is 9.88 Å². The van der Waals surface area contributed by atoms with Gasteiger partial charge in [-0.1, -0.05) is 0 Å². The van der Waals surface area contributed by atoms with E-state index in [2.05, 4.69) is 11.1 Å². The standard InChI is InChI=1S/C20H20N2O3/c1-12-13(2)20(23)25-19-14(3)18-16(8-17(12)19)10-22(11-24-18)9-15-4-6-21-7-5-15/h4-8H,9-11H2,1-3H3/p+1. The molecule has 5 heteroatoms. The van der Waals surface area contributed by atoms with E-state index in [1.54, 1.807) is 0 Å². The fraction of sp³-hybridized carbons (Fsp3) is 0.300. The summed E-state index contributed by atoms with van der Waals surface area (Å²) in [5.74, 6) is 0.859. The molecule has 0 aliphatic carbocycles. The quantitative estimate of drug-likeness (QED) is 0.727. The molecule has 1 N–H and O–H groups in total. The van der Waals surface area contributed by atoms with Crippen LogP contribution in [0, 0.1) is 20.8 Å². The lowest BCUT2D eigenvalue weighted by Gasteiger charge is -2.27. The van der Waals surface area contributed by atoms with Crippen LogP contribution in [0.5, 0.6) is 5.75 Å². The molecule has 128 valence electrons. The SMILES string of the molecule is Cc1c(C)c2cc3c(c(C)c2oc1=O)OC[NH+](Cc1ccncc1)C3. The molecule has 0 amide bonds. The summed E-state index contributed by atoms with van der Waals surface area (Å²) in [6, 6.07) is 6.20. The Kier molecular flexibility index (Phi) is 3.81. The van der Waals surface area contributed by atoms with Gasteiger partial charge < -0.3 is 9.15 Å². The summed E-state index contributed by atoms with van der Waals surface area (Å²) in [6.07, 6.45) is 3.64. The van der Waals surface area contributed by atoms with Crippen molar-refractivity contribution in [1.82, 2.24) is 4.98 Å². The highest BCUT2D eigenvalue weighted by molar-refractivity contribution is 5.86. The molecule has 0 fully saturated rings. The van der Waals surface area contributed by atoms with Crippen molar-refractivity contribution in [2.45, 2.75) is 33.9 Å². The third-order valence-corrected chi connectivity index (χ3v) is 5.07. The highest BCUT2D eigenvalue weighted by Crippen LogP contribution is 2.33. The first-order valence-electron chi connectivity index (χ1n) is 8.46. The molecular weight excluding hydrogens is 316 g/mol.